The quantitative estimate of drug-likeness (QED) is 0.805. The highest BCUT2D eigenvalue weighted by molar-refractivity contribution is 5.89. The highest BCUT2D eigenvalue weighted by Crippen LogP contribution is 2.23. The van der Waals surface area contributed by atoms with Gasteiger partial charge in [-0.3, -0.25) is 0 Å². The molecule has 1 aromatic rings. The van der Waals surface area contributed by atoms with E-state index in [0.717, 1.165) is 24.1 Å². The van der Waals surface area contributed by atoms with E-state index in [0.29, 0.717) is 12.2 Å². The van der Waals surface area contributed by atoms with Gasteiger partial charge in [0.1, 0.15) is 5.75 Å². The van der Waals surface area contributed by atoms with E-state index >= 15 is 0 Å². The Kier molecular flexibility index (Phi) is 6.35. The first kappa shape index (κ1) is 18.2. The van der Waals surface area contributed by atoms with Gasteiger partial charge in [-0.2, -0.15) is 0 Å². The van der Waals surface area contributed by atoms with E-state index in [1.165, 1.54) is 45.2 Å². The van der Waals surface area contributed by atoms with Gasteiger partial charge in [0.2, 0.25) is 0 Å². The summed E-state index contributed by atoms with van der Waals surface area (Å²) in [6.07, 6.45) is 7.86. The molecule has 0 radical (unpaired) electrons. The molecule has 25 heavy (non-hydrogen) atoms. The molecule has 2 saturated heterocycles. The van der Waals surface area contributed by atoms with Crippen molar-refractivity contribution in [2.75, 3.05) is 19.7 Å². The second-order valence-corrected chi connectivity index (χ2v) is 7.78. The van der Waals surface area contributed by atoms with Gasteiger partial charge in [0.15, 0.2) is 0 Å². The van der Waals surface area contributed by atoms with Crippen molar-refractivity contribution in [1.82, 2.24) is 0 Å². The zero-order valence-corrected chi connectivity index (χ0v) is 15.6. The highest BCUT2D eigenvalue weighted by Gasteiger charge is 2.36. The summed E-state index contributed by atoms with van der Waals surface area (Å²) in [4.78, 5) is 14.0. The van der Waals surface area contributed by atoms with Crippen LogP contribution >= 0.6 is 0 Å². The number of piperidine rings is 2. The molecule has 3 rings (SSSR count). The molecule has 0 spiro atoms. The van der Waals surface area contributed by atoms with E-state index in [2.05, 4.69) is 0 Å². The maximum atomic E-state index is 12.2. The van der Waals surface area contributed by atoms with Crippen molar-refractivity contribution >= 4 is 5.97 Å². The molecule has 0 aromatic heterocycles. The summed E-state index contributed by atoms with van der Waals surface area (Å²) in [6.45, 7) is 7.19. The van der Waals surface area contributed by atoms with Crippen LogP contribution in [0.2, 0.25) is 0 Å². The number of carbonyl (C=O) groups is 1. The fourth-order valence-electron chi connectivity index (χ4n) is 4.45. The molecule has 1 aromatic carbocycles. The number of esters is 1. The van der Waals surface area contributed by atoms with Gasteiger partial charge >= 0.3 is 5.97 Å². The Labute approximate surface area is 151 Å². The van der Waals surface area contributed by atoms with Crippen LogP contribution in [0.25, 0.3) is 0 Å². The van der Waals surface area contributed by atoms with Gasteiger partial charge in [-0.15, -0.1) is 0 Å². The first-order valence-corrected chi connectivity index (χ1v) is 9.92. The molecule has 2 aliphatic rings. The van der Waals surface area contributed by atoms with E-state index < -0.39 is 0 Å². The smallest absolute Gasteiger partial charge is 0.338 e. The van der Waals surface area contributed by atoms with Crippen LogP contribution in [0.4, 0.5) is 0 Å². The lowest BCUT2D eigenvalue weighted by atomic mass is 9.82. The minimum absolute atomic E-state index is 0.134. The van der Waals surface area contributed by atoms with Crippen LogP contribution in [0.1, 0.15) is 62.7 Å². The fourth-order valence-corrected chi connectivity index (χ4v) is 4.45. The molecule has 3 atom stereocenters. The van der Waals surface area contributed by atoms with Crippen molar-refractivity contribution in [2.24, 2.45) is 5.92 Å². The standard InChI is InChI=1S/C21H31NO3/c1-16(2)25-19-10-8-18(9-11-19)21(23)24-15-12-17-6-5-14-22-13-4-3-7-20(17)22/h8-11,16-17,20H,3-7,12-15H2,1-2H3/p+1/t17-,20+/m0/s1. The van der Waals surface area contributed by atoms with Crippen LogP contribution in [0.15, 0.2) is 24.3 Å². The summed E-state index contributed by atoms with van der Waals surface area (Å²) in [6, 6.07) is 8.04. The summed E-state index contributed by atoms with van der Waals surface area (Å²) in [5.41, 5.74) is 0.602. The van der Waals surface area contributed by atoms with E-state index in [-0.39, 0.29) is 12.1 Å². The van der Waals surface area contributed by atoms with Gasteiger partial charge in [0, 0.05) is 5.92 Å². The molecule has 0 bridgehead atoms. The molecule has 4 heteroatoms. The molecular weight excluding hydrogens is 314 g/mol. The average Bonchev–Trinajstić information content (AvgIpc) is 2.62. The van der Waals surface area contributed by atoms with Gasteiger partial charge in [-0.25, -0.2) is 4.79 Å². The van der Waals surface area contributed by atoms with Crippen LogP contribution < -0.4 is 9.64 Å². The SMILES string of the molecule is CC(C)Oc1ccc(C(=O)OCC[C@@H]2CCC[NH+]3CCCC[C@H]23)cc1. The molecule has 2 fully saturated rings. The van der Waals surface area contributed by atoms with E-state index in [9.17, 15) is 4.79 Å². The van der Waals surface area contributed by atoms with E-state index in [1.807, 2.05) is 26.0 Å². The van der Waals surface area contributed by atoms with Gasteiger partial charge in [0.05, 0.1) is 37.4 Å². The molecule has 0 amide bonds. The number of nitrogens with one attached hydrogen (secondary N) is 1. The van der Waals surface area contributed by atoms with Gasteiger partial charge in [-0.1, -0.05) is 0 Å². The predicted octanol–water partition coefficient (Wildman–Crippen LogP) is 2.87. The third kappa shape index (κ3) is 4.97. The van der Waals surface area contributed by atoms with Crippen molar-refractivity contribution in [3.05, 3.63) is 29.8 Å². The molecule has 2 heterocycles. The number of fused-ring (bicyclic) bond motifs is 1. The predicted molar refractivity (Wildman–Crippen MR) is 98.2 cm³/mol. The number of hydrogen-bond acceptors (Lipinski definition) is 3. The number of hydrogen-bond donors (Lipinski definition) is 1. The van der Waals surface area contributed by atoms with Crippen molar-refractivity contribution in [1.29, 1.82) is 0 Å². The topological polar surface area (TPSA) is 40.0 Å². The highest BCUT2D eigenvalue weighted by atomic mass is 16.5. The van der Waals surface area contributed by atoms with Crippen molar-refractivity contribution in [3.8, 4) is 5.75 Å². The largest absolute Gasteiger partial charge is 0.491 e. The molecule has 1 unspecified atom stereocenters. The molecule has 1 N–H and O–H groups in total. The Morgan fingerprint density at radius 2 is 1.88 bits per heavy atom. The van der Waals surface area contributed by atoms with E-state index in [1.54, 1.807) is 17.0 Å². The summed E-state index contributed by atoms with van der Waals surface area (Å²) < 4.78 is 11.1. The number of ether oxygens (including phenoxy) is 2. The minimum Gasteiger partial charge on any atom is -0.491 e. The van der Waals surface area contributed by atoms with Crippen molar-refractivity contribution in [2.45, 2.75) is 64.5 Å². The van der Waals surface area contributed by atoms with E-state index in [4.69, 9.17) is 9.47 Å². The van der Waals surface area contributed by atoms with Crippen LogP contribution in [0.3, 0.4) is 0 Å². The maximum absolute atomic E-state index is 12.2. The third-order valence-corrected chi connectivity index (χ3v) is 5.61. The third-order valence-electron chi connectivity index (χ3n) is 5.61. The molecule has 138 valence electrons. The van der Waals surface area contributed by atoms with Gasteiger partial charge in [0.25, 0.3) is 0 Å². The summed E-state index contributed by atoms with van der Waals surface area (Å²) in [7, 11) is 0. The lowest BCUT2D eigenvalue weighted by molar-refractivity contribution is -0.940. The number of benzene rings is 1. The maximum Gasteiger partial charge on any atom is 0.338 e. The second kappa shape index (κ2) is 8.70. The fraction of sp³-hybridized carbons (Fsp3) is 0.667. The monoisotopic (exact) mass is 346 g/mol. The Bertz CT molecular complexity index is 553. The van der Waals surface area contributed by atoms with Crippen molar-refractivity contribution in [3.63, 3.8) is 0 Å². The van der Waals surface area contributed by atoms with Crippen molar-refractivity contribution < 1.29 is 19.2 Å². The molecule has 0 aliphatic carbocycles. The Morgan fingerprint density at radius 1 is 1.12 bits per heavy atom. The number of quaternary nitrogens is 1. The number of rotatable bonds is 6. The molecule has 0 saturated carbocycles. The van der Waals surface area contributed by atoms with Crippen LogP contribution in [0, 0.1) is 5.92 Å². The molecule has 2 aliphatic heterocycles. The minimum atomic E-state index is -0.222. The Hall–Kier alpha value is -1.55. The first-order valence-electron chi connectivity index (χ1n) is 9.92. The average molecular weight is 346 g/mol. The molecular formula is C21H32NO3+. The zero-order chi connectivity index (χ0) is 17.6. The van der Waals surface area contributed by atoms with Crippen LogP contribution in [-0.2, 0) is 4.74 Å². The van der Waals surface area contributed by atoms with Crippen LogP contribution in [-0.4, -0.2) is 37.8 Å². The number of carbonyl (C=O) groups excluding carboxylic acids is 1. The summed E-state index contributed by atoms with van der Waals surface area (Å²) in [5, 5.41) is 0. The first-order chi connectivity index (χ1) is 12.1. The normalized spacial score (nSPS) is 26.1. The second-order valence-electron chi connectivity index (χ2n) is 7.78. The Morgan fingerprint density at radius 3 is 2.64 bits per heavy atom. The van der Waals surface area contributed by atoms with Crippen LogP contribution in [0.5, 0.6) is 5.75 Å². The summed E-state index contributed by atoms with van der Waals surface area (Å²) in [5.74, 6) is 1.28. The van der Waals surface area contributed by atoms with Gasteiger partial charge < -0.3 is 14.4 Å². The molecule has 4 nitrogen and oxygen atoms in total. The lowest BCUT2D eigenvalue weighted by Gasteiger charge is -2.41. The lowest BCUT2D eigenvalue weighted by Crippen LogP contribution is -3.18. The Balaban J connectivity index is 1.45. The summed E-state index contributed by atoms with van der Waals surface area (Å²) >= 11 is 0. The van der Waals surface area contributed by atoms with Gasteiger partial charge in [-0.05, 0) is 76.6 Å². The zero-order valence-electron chi connectivity index (χ0n) is 15.6.